The number of nitrogens with zero attached hydrogens (tertiary/aromatic N) is 1. The molecule has 2 amide bonds. The number of methoxy groups -OCH3 is 1. The summed E-state index contributed by atoms with van der Waals surface area (Å²) in [6, 6.07) is 11.8. The molecule has 0 aliphatic carbocycles. The minimum Gasteiger partial charge on any atom is -0.497 e. The van der Waals surface area contributed by atoms with E-state index in [0.717, 1.165) is 5.56 Å². The summed E-state index contributed by atoms with van der Waals surface area (Å²) in [5.74, 6) is 0.855. The first-order chi connectivity index (χ1) is 12.4. The van der Waals surface area contributed by atoms with E-state index < -0.39 is 16.1 Å². The topological polar surface area (TPSA) is 87.7 Å². The minimum atomic E-state index is -3.26. The van der Waals surface area contributed by atoms with E-state index >= 15 is 0 Å². The molecule has 1 heterocycles. The van der Waals surface area contributed by atoms with Gasteiger partial charge in [-0.25, -0.2) is 13.2 Å². The number of anilines is 3. The van der Waals surface area contributed by atoms with E-state index in [1.807, 2.05) is 6.92 Å². The van der Waals surface area contributed by atoms with Gasteiger partial charge in [-0.15, -0.1) is 0 Å². The number of carbonyl (C=O) groups is 1. The van der Waals surface area contributed by atoms with E-state index in [0.29, 0.717) is 35.8 Å². The summed E-state index contributed by atoms with van der Waals surface area (Å²) in [6.45, 7) is 2.31. The summed E-state index contributed by atoms with van der Waals surface area (Å²) >= 11 is 0. The Morgan fingerprint density at radius 3 is 2.46 bits per heavy atom. The van der Waals surface area contributed by atoms with Crippen molar-refractivity contribution in [2.45, 2.75) is 13.3 Å². The van der Waals surface area contributed by atoms with Gasteiger partial charge in [0.15, 0.2) is 0 Å². The Morgan fingerprint density at radius 1 is 1.12 bits per heavy atom. The number of hydrogen-bond acceptors (Lipinski definition) is 4. The number of aryl methyl sites for hydroxylation is 1. The van der Waals surface area contributed by atoms with E-state index in [4.69, 9.17) is 4.74 Å². The number of ether oxygens (including phenoxy) is 1. The van der Waals surface area contributed by atoms with E-state index in [1.54, 1.807) is 49.6 Å². The van der Waals surface area contributed by atoms with Crippen LogP contribution >= 0.6 is 0 Å². The Balaban J connectivity index is 1.74. The van der Waals surface area contributed by atoms with Crippen molar-refractivity contribution >= 4 is 33.1 Å². The molecule has 1 aliphatic heterocycles. The highest BCUT2D eigenvalue weighted by molar-refractivity contribution is 7.93. The Bertz CT molecular complexity index is 911. The maximum absolute atomic E-state index is 12.3. The second-order valence-corrected chi connectivity index (χ2v) is 8.06. The second-order valence-electron chi connectivity index (χ2n) is 6.05. The quantitative estimate of drug-likeness (QED) is 0.859. The molecule has 0 unspecified atom stereocenters. The molecule has 0 saturated carbocycles. The third-order valence-electron chi connectivity index (χ3n) is 4.20. The predicted octanol–water partition coefficient (Wildman–Crippen LogP) is 3.19. The monoisotopic (exact) mass is 375 g/mol. The zero-order valence-corrected chi connectivity index (χ0v) is 15.5. The highest BCUT2D eigenvalue weighted by Crippen LogP contribution is 2.28. The van der Waals surface area contributed by atoms with Gasteiger partial charge in [0.2, 0.25) is 10.0 Å². The lowest BCUT2D eigenvalue weighted by molar-refractivity contribution is 0.262. The molecule has 1 fully saturated rings. The van der Waals surface area contributed by atoms with Crippen molar-refractivity contribution in [1.82, 2.24) is 0 Å². The molecule has 138 valence electrons. The first-order valence-corrected chi connectivity index (χ1v) is 9.83. The van der Waals surface area contributed by atoms with Crippen LogP contribution in [0.2, 0.25) is 0 Å². The Morgan fingerprint density at radius 2 is 1.85 bits per heavy atom. The highest BCUT2D eigenvalue weighted by atomic mass is 32.2. The minimum absolute atomic E-state index is 0.154. The van der Waals surface area contributed by atoms with Crippen LogP contribution in [0.3, 0.4) is 0 Å². The number of amides is 2. The summed E-state index contributed by atoms with van der Waals surface area (Å²) in [5, 5.41) is 5.51. The summed E-state index contributed by atoms with van der Waals surface area (Å²) in [7, 11) is -1.69. The van der Waals surface area contributed by atoms with E-state index in [9.17, 15) is 13.2 Å². The van der Waals surface area contributed by atoms with Gasteiger partial charge in [0.1, 0.15) is 5.75 Å². The predicted molar refractivity (Wildman–Crippen MR) is 103 cm³/mol. The van der Waals surface area contributed by atoms with Crippen molar-refractivity contribution < 1.29 is 17.9 Å². The lowest BCUT2D eigenvalue weighted by Gasteiger charge is -2.19. The Labute approximate surface area is 153 Å². The standard InChI is InChI=1S/C18H21N3O4S/c1-13-4-7-15(21-10-3-11-26(21,23)24)12-17(13)20-18(22)19-14-5-8-16(25-2)9-6-14/h4-9,12H,3,10-11H2,1-2H3,(H2,19,20,22). The Hall–Kier alpha value is -2.74. The zero-order valence-electron chi connectivity index (χ0n) is 14.7. The molecule has 0 spiro atoms. The maximum atomic E-state index is 12.3. The zero-order chi connectivity index (χ0) is 18.7. The van der Waals surface area contributed by atoms with Crippen molar-refractivity contribution in [2.24, 2.45) is 0 Å². The van der Waals surface area contributed by atoms with Gasteiger partial charge >= 0.3 is 6.03 Å². The van der Waals surface area contributed by atoms with Crippen LogP contribution in [0.1, 0.15) is 12.0 Å². The Kier molecular flexibility index (Phi) is 5.03. The van der Waals surface area contributed by atoms with Gasteiger partial charge in [0.05, 0.1) is 18.6 Å². The number of sulfonamides is 1. The number of carbonyl (C=O) groups excluding carboxylic acids is 1. The van der Waals surface area contributed by atoms with Gasteiger partial charge in [-0.05, 0) is 55.3 Å². The third-order valence-corrected chi connectivity index (χ3v) is 6.07. The molecular formula is C18H21N3O4S. The smallest absolute Gasteiger partial charge is 0.323 e. The van der Waals surface area contributed by atoms with Crippen molar-refractivity contribution in [3.8, 4) is 5.75 Å². The summed E-state index contributed by atoms with van der Waals surface area (Å²) in [5.41, 5.74) is 2.60. The lowest BCUT2D eigenvalue weighted by atomic mass is 10.2. The number of rotatable bonds is 4. The first-order valence-electron chi connectivity index (χ1n) is 8.22. The molecular weight excluding hydrogens is 354 g/mol. The second kappa shape index (κ2) is 7.25. The normalized spacial score (nSPS) is 15.5. The summed E-state index contributed by atoms with van der Waals surface area (Å²) < 4.78 is 30.7. The molecule has 1 aliphatic rings. The van der Waals surface area contributed by atoms with Gasteiger partial charge < -0.3 is 15.4 Å². The number of hydrogen-bond donors (Lipinski definition) is 2. The van der Waals surface area contributed by atoms with Crippen molar-refractivity contribution in [1.29, 1.82) is 0 Å². The molecule has 0 atom stereocenters. The molecule has 0 bridgehead atoms. The first kappa shape index (κ1) is 18.1. The van der Waals surface area contributed by atoms with Crippen LogP contribution in [0, 0.1) is 6.92 Å². The molecule has 26 heavy (non-hydrogen) atoms. The van der Waals surface area contributed by atoms with Gasteiger partial charge in [-0.2, -0.15) is 0 Å². The van der Waals surface area contributed by atoms with Gasteiger partial charge in [-0.3, -0.25) is 4.31 Å². The maximum Gasteiger partial charge on any atom is 0.323 e. The number of benzene rings is 2. The largest absolute Gasteiger partial charge is 0.497 e. The molecule has 3 rings (SSSR count). The molecule has 1 saturated heterocycles. The average Bonchev–Trinajstić information content (AvgIpc) is 2.97. The molecule has 0 aromatic heterocycles. The van der Waals surface area contributed by atoms with Crippen LogP contribution < -0.4 is 19.7 Å². The number of urea groups is 1. The van der Waals surface area contributed by atoms with Crippen molar-refractivity contribution in [2.75, 3.05) is 34.3 Å². The van der Waals surface area contributed by atoms with Crippen LogP contribution in [0.4, 0.5) is 21.9 Å². The SMILES string of the molecule is COc1ccc(NC(=O)Nc2cc(N3CCCS3(=O)=O)ccc2C)cc1. The van der Waals surface area contributed by atoms with E-state index in [2.05, 4.69) is 10.6 Å². The van der Waals surface area contributed by atoms with Crippen LogP contribution in [0.25, 0.3) is 0 Å². The molecule has 0 radical (unpaired) electrons. The average molecular weight is 375 g/mol. The molecule has 2 aromatic carbocycles. The fraction of sp³-hybridized carbons (Fsp3) is 0.278. The molecule has 2 aromatic rings. The highest BCUT2D eigenvalue weighted by Gasteiger charge is 2.28. The van der Waals surface area contributed by atoms with Crippen LogP contribution in [0.15, 0.2) is 42.5 Å². The van der Waals surface area contributed by atoms with Gasteiger partial charge in [0.25, 0.3) is 0 Å². The molecule has 2 N–H and O–H groups in total. The van der Waals surface area contributed by atoms with Gasteiger partial charge in [0, 0.05) is 17.9 Å². The van der Waals surface area contributed by atoms with Crippen LogP contribution in [-0.2, 0) is 10.0 Å². The number of nitrogens with one attached hydrogen (secondary N) is 2. The van der Waals surface area contributed by atoms with Gasteiger partial charge in [-0.1, -0.05) is 6.07 Å². The lowest BCUT2D eigenvalue weighted by Crippen LogP contribution is -2.25. The molecule has 8 heteroatoms. The fourth-order valence-electron chi connectivity index (χ4n) is 2.79. The van der Waals surface area contributed by atoms with Crippen molar-refractivity contribution in [3.63, 3.8) is 0 Å². The molecule has 7 nitrogen and oxygen atoms in total. The van der Waals surface area contributed by atoms with Crippen molar-refractivity contribution in [3.05, 3.63) is 48.0 Å². The van der Waals surface area contributed by atoms with Crippen LogP contribution in [0.5, 0.6) is 5.75 Å². The summed E-state index contributed by atoms with van der Waals surface area (Å²) in [4.78, 5) is 12.3. The fourth-order valence-corrected chi connectivity index (χ4v) is 4.34. The van der Waals surface area contributed by atoms with E-state index in [1.165, 1.54) is 4.31 Å². The van der Waals surface area contributed by atoms with Crippen LogP contribution in [-0.4, -0.2) is 33.9 Å². The third kappa shape index (κ3) is 3.91. The summed E-state index contributed by atoms with van der Waals surface area (Å²) in [6.07, 6.45) is 0.608. The van der Waals surface area contributed by atoms with E-state index in [-0.39, 0.29) is 5.75 Å².